The van der Waals surface area contributed by atoms with E-state index >= 15 is 0 Å². The van der Waals surface area contributed by atoms with Crippen LogP contribution in [-0.2, 0) is 6.54 Å². The highest BCUT2D eigenvalue weighted by molar-refractivity contribution is 5.94. The highest BCUT2D eigenvalue weighted by atomic mass is 19.2. The first-order valence-corrected chi connectivity index (χ1v) is 6.47. The van der Waals surface area contributed by atoms with E-state index in [0.717, 1.165) is 0 Å². The molecule has 2 aromatic carbocycles. The van der Waals surface area contributed by atoms with Crippen LogP contribution >= 0.6 is 0 Å². The molecule has 0 spiro atoms. The fourth-order valence-electron chi connectivity index (χ4n) is 2.07. The number of fused-ring (bicyclic) bond motifs is 1. The fraction of sp³-hybridized carbons (Fsp3) is 0.133. The van der Waals surface area contributed by atoms with Gasteiger partial charge in [-0.2, -0.15) is 0 Å². The molecule has 0 radical (unpaired) electrons. The average molecular weight is 327 g/mol. The van der Waals surface area contributed by atoms with Gasteiger partial charge in [0.15, 0.2) is 34.8 Å². The van der Waals surface area contributed by atoms with Crippen molar-refractivity contribution in [3.8, 4) is 11.5 Å². The van der Waals surface area contributed by atoms with Gasteiger partial charge in [0.1, 0.15) is 0 Å². The Balaban J connectivity index is 1.75. The molecule has 0 saturated heterocycles. The lowest BCUT2D eigenvalue weighted by atomic mass is 10.1. The van der Waals surface area contributed by atoms with Gasteiger partial charge in [0.2, 0.25) is 6.79 Å². The molecule has 1 amide bonds. The minimum absolute atomic E-state index is 0.0461. The predicted molar refractivity (Wildman–Crippen MR) is 70.0 cm³/mol. The van der Waals surface area contributed by atoms with Crippen LogP contribution in [0.3, 0.4) is 0 Å². The zero-order valence-electron chi connectivity index (χ0n) is 11.5. The molecule has 120 valence electrons. The van der Waals surface area contributed by atoms with Gasteiger partial charge < -0.3 is 14.8 Å². The molecule has 3 rings (SSSR count). The van der Waals surface area contributed by atoms with Gasteiger partial charge in [-0.05, 0) is 23.8 Å². The summed E-state index contributed by atoms with van der Waals surface area (Å²) in [6, 6.07) is 5.17. The number of hydrogen-bond donors (Lipinski definition) is 1. The topological polar surface area (TPSA) is 47.6 Å². The third-order valence-electron chi connectivity index (χ3n) is 3.24. The van der Waals surface area contributed by atoms with Crippen LogP contribution in [0.15, 0.2) is 24.3 Å². The largest absolute Gasteiger partial charge is 0.454 e. The van der Waals surface area contributed by atoms with Crippen LogP contribution in [0.25, 0.3) is 0 Å². The molecule has 8 heteroatoms. The maximum Gasteiger partial charge on any atom is 0.254 e. The van der Waals surface area contributed by atoms with Crippen molar-refractivity contribution in [3.05, 3.63) is 58.7 Å². The molecule has 0 aromatic heterocycles. The fourth-order valence-corrected chi connectivity index (χ4v) is 2.07. The van der Waals surface area contributed by atoms with Crippen molar-refractivity contribution >= 4 is 5.91 Å². The van der Waals surface area contributed by atoms with Crippen LogP contribution in [0, 0.1) is 23.3 Å². The maximum absolute atomic E-state index is 13.5. The van der Waals surface area contributed by atoms with E-state index in [0.29, 0.717) is 23.1 Å². The van der Waals surface area contributed by atoms with Crippen LogP contribution in [0.2, 0.25) is 0 Å². The Bertz CT molecular complexity index is 795. The Morgan fingerprint density at radius 3 is 2.52 bits per heavy atom. The van der Waals surface area contributed by atoms with Gasteiger partial charge in [-0.1, -0.05) is 6.07 Å². The molecule has 1 aliphatic rings. The molecule has 0 bridgehead atoms. The summed E-state index contributed by atoms with van der Waals surface area (Å²) in [5.74, 6) is -7.41. The van der Waals surface area contributed by atoms with Crippen LogP contribution in [0.1, 0.15) is 15.9 Å². The number of amides is 1. The van der Waals surface area contributed by atoms with Gasteiger partial charge in [0.25, 0.3) is 5.91 Å². The predicted octanol–water partition coefficient (Wildman–Crippen LogP) is 2.90. The number of carbonyl (C=O) groups excluding carboxylic acids is 1. The van der Waals surface area contributed by atoms with E-state index in [9.17, 15) is 22.4 Å². The first-order chi connectivity index (χ1) is 11.0. The van der Waals surface area contributed by atoms with Crippen molar-refractivity contribution in [1.29, 1.82) is 0 Å². The summed E-state index contributed by atoms with van der Waals surface area (Å²) in [7, 11) is 0. The SMILES string of the molecule is O=C(NCc1ccc2c(c1)OCO2)c1cc(F)c(F)c(F)c1F. The number of rotatable bonds is 3. The van der Waals surface area contributed by atoms with Crippen molar-refractivity contribution in [2.45, 2.75) is 6.54 Å². The van der Waals surface area contributed by atoms with E-state index in [2.05, 4.69) is 5.32 Å². The van der Waals surface area contributed by atoms with E-state index in [4.69, 9.17) is 9.47 Å². The second kappa shape index (κ2) is 5.79. The van der Waals surface area contributed by atoms with E-state index in [1.165, 1.54) is 0 Å². The molecule has 0 aliphatic carbocycles. The van der Waals surface area contributed by atoms with Crippen LogP contribution in [0.5, 0.6) is 11.5 Å². The Morgan fingerprint density at radius 1 is 1.00 bits per heavy atom. The molecule has 23 heavy (non-hydrogen) atoms. The summed E-state index contributed by atoms with van der Waals surface area (Å²) in [6.07, 6.45) is 0. The summed E-state index contributed by atoms with van der Waals surface area (Å²) in [4.78, 5) is 11.8. The molecule has 0 fully saturated rings. The second-order valence-electron chi connectivity index (χ2n) is 4.72. The highest BCUT2D eigenvalue weighted by Gasteiger charge is 2.23. The third kappa shape index (κ3) is 2.79. The number of nitrogens with one attached hydrogen (secondary N) is 1. The van der Waals surface area contributed by atoms with Gasteiger partial charge in [-0.25, -0.2) is 17.6 Å². The smallest absolute Gasteiger partial charge is 0.254 e. The van der Waals surface area contributed by atoms with Crippen LogP contribution in [-0.4, -0.2) is 12.7 Å². The summed E-state index contributed by atoms with van der Waals surface area (Å²) >= 11 is 0. The number of hydrogen-bond acceptors (Lipinski definition) is 3. The van der Waals surface area contributed by atoms with Crippen molar-refractivity contribution in [1.82, 2.24) is 5.32 Å². The number of halogens is 4. The third-order valence-corrected chi connectivity index (χ3v) is 3.24. The van der Waals surface area contributed by atoms with Crippen LogP contribution < -0.4 is 14.8 Å². The summed E-state index contributed by atoms with van der Waals surface area (Å²) in [5.41, 5.74) is -0.312. The molecular weight excluding hydrogens is 318 g/mol. The quantitative estimate of drug-likeness (QED) is 0.536. The van der Waals surface area contributed by atoms with Gasteiger partial charge in [-0.15, -0.1) is 0 Å². The Kier molecular flexibility index (Phi) is 3.81. The van der Waals surface area contributed by atoms with E-state index in [1.54, 1.807) is 18.2 Å². The Morgan fingerprint density at radius 2 is 1.74 bits per heavy atom. The molecule has 2 aromatic rings. The number of benzene rings is 2. The van der Waals surface area contributed by atoms with Gasteiger partial charge in [0.05, 0.1) is 5.56 Å². The lowest BCUT2D eigenvalue weighted by molar-refractivity contribution is 0.0944. The van der Waals surface area contributed by atoms with Crippen molar-refractivity contribution in [3.63, 3.8) is 0 Å². The lowest BCUT2D eigenvalue weighted by Gasteiger charge is -2.08. The number of carbonyl (C=O) groups is 1. The van der Waals surface area contributed by atoms with E-state index in [1.807, 2.05) is 0 Å². The van der Waals surface area contributed by atoms with Crippen molar-refractivity contribution < 1.29 is 31.8 Å². The van der Waals surface area contributed by atoms with E-state index < -0.39 is 34.7 Å². The number of ether oxygens (including phenoxy) is 2. The molecule has 0 unspecified atom stereocenters. The average Bonchev–Trinajstić information content (AvgIpc) is 3.01. The van der Waals surface area contributed by atoms with E-state index in [-0.39, 0.29) is 13.3 Å². The van der Waals surface area contributed by atoms with Gasteiger partial charge >= 0.3 is 0 Å². The molecule has 0 atom stereocenters. The molecule has 1 N–H and O–H groups in total. The molecular formula is C15H9F4NO3. The standard InChI is InChI=1S/C15H9F4NO3/c16-9-4-8(12(17)14(19)13(9)18)15(21)20-5-7-1-2-10-11(3-7)23-6-22-10/h1-4H,5-6H2,(H,20,21). The Hall–Kier alpha value is -2.77. The highest BCUT2D eigenvalue weighted by Crippen LogP contribution is 2.32. The molecule has 0 saturated carbocycles. The first kappa shape index (κ1) is 15.1. The maximum atomic E-state index is 13.5. The normalized spacial score (nSPS) is 12.3. The lowest BCUT2D eigenvalue weighted by Crippen LogP contribution is -2.24. The molecule has 4 nitrogen and oxygen atoms in total. The van der Waals surface area contributed by atoms with Gasteiger partial charge in [0, 0.05) is 6.54 Å². The molecule has 1 heterocycles. The van der Waals surface area contributed by atoms with Gasteiger partial charge in [-0.3, -0.25) is 4.79 Å². The summed E-state index contributed by atoms with van der Waals surface area (Å²) in [6.45, 7) is 0.0417. The monoisotopic (exact) mass is 327 g/mol. The first-order valence-electron chi connectivity index (χ1n) is 6.47. The zero-order chi connectivity index (χ0) is 16.6. The van der Waals surface area contributed by atoms with Crippen molar-refractivity contribution in [2.75, 3.05) is 6.79 Å². The summed E-state index contributed by atoms with van der Waals surface area (Å²) < 4.78 is 62.9. The molecule has 1 aliphatic heterocycles. The summed E-state index contributed by atoms with van der Waals surface area (Å²) in [5, 5.41) is 2.29. The zero-order valence-corrected chi connectivity index (χ0v) is 11.5. The minimum atomic E-state index is -2.03. The van der Waals surface area contributed by atoms with Crippen LogP contribution in [0.4, 0.5) is 17.6 Å². The Labute approximate surface area is 127 Å². The second-order valence-corrected chi connectivity index (χ2v) is 4.72. The van der Waals surface area contributed by atoms with Crippen molar-refractivity contribution in [2.24, 2.45) is 0 Å². The minimum Gasteiger partial charge on any atom is -0.454 e.